The van der Waals surface area contributed by atoms with Crippen molar-refractivity contribution in [3.8, 4) is 0 Å². The molecule has 0 atom stereocenters. The lowest BCUT2D eigenvalue weighted by molar-refractivity contribution is 0.713. The monoisotopic (exact) mass is 243 g/mol. The van der Waals surface area contributed by atoms with Crippen molar-refractivity contribution in [2.45, 2.75) is 20.4 Å². The van der Waals surface area contributed by atoms with Gasteiger partial charge in [-0.1, -0.05) is 6.07 Å². The minimum atomic E-state index is 0.00523. The van der Waals surface area contributed by atoms with Crippen molar-refractivity contribution >= 4 is 5.69 Å². The Morgan fingerprint density at radius 2 is 2.17 bits per heavy atom. The van der Waals surface area contributed by atoms with Gasteiger partial charge in [0, 0.05) is 30.2 Å². The summed E-state index contributed by atoms with van der Waals surface area (Å²) in [5.74, 6) is 0. The van der Waals surface area contributed by atoms with Gasteiger partial charge in [0.05, 0.1) is 12.2 Å². The van der Waals surface area contributed by atoms with Crippen LogP contribution in [0.2, 0.25) is 0 Å². The summed E-state index contributed by atoms with van der Waals surface area (Å²) in [5.41, 5.74) is 2.86. The lowest BCUT2D eigenvalue weighted by Crippen LogP contribution is -2.21. The van der Waals surface area contributed by atoms with Crippen LogP contribution in [0, 0.1) is 6.92 Å². The van der Waals surface area contributed by atoms with E-state index in [0.29, 0.717) is 6.54 Å². The van der Waals surface area contributed by atoms with Gasteiger partial charge in [0.2, 0.25) is 0 Å². The van der Waals surface area contributed by atoms with Gasteiger partial charge in [0.15, 0.2) is 0 Å². The Balaban J connectivity index is 2.28. The van der Waals surface area contributed by atoms with Gasteiger partial charge in [0.1, 0.15) is 0 Å². The zero-order valence-electron chi connectivity index (χ0n) is 10.7. The molecule has 4 nitrogen and oxygen atoms in total. The zero-order valence-corrected chi connectivity index (χ0v) is 10.7. The van der Waals surface area contributed by atoms with Crippen molar-refractivity contribution in [1.29, 1.82) is 0 Å². The molecule has 0 aliphatic carbocycles. The van der Waals surface area contributed by atoms with Gasteiger partial charge in [-0.05, 0) is 32.0 Å². The summed E-state index contributed by atoms with van der Waals surface area (Å²) < 4.78 is 1.72. The van der Waals surface area contributed by atoms with Crippen LogP contribution in [0.4, 0.5) is 5.69 Å². The van der Waals surface area contributed by atoms with Crippen LogP contribution in [-0.2, 0) is 6.54 Å². The van der Waals surface area contributed by atoms with Crippen LogP contribution in [0.3, 0.4) is 0 Å². The number of aryl methyl sites for hydroxylation is 1. The highest BCUT2D eigenvalue weighted by atomic mass is 16.1. The molecule has 1 N–H and O–H groups in total. The molecule has 2 aromatic rings. The highest BCUT2D eigenvalue weighted by Gasteiger charge is 2.02. The third-order valence-corrected chi connectivity index (χ3v) is 2.79. The first-order chi connectivity index (χ1) is 8.70. The van der Waals surface area contributed by atoms with Gasteiger partial charge in [0.25, 0.3) is 5.56 Å². The largest absolute Gasteiger partial charge is 0.385 e. The Labute approximate surface area is 106 Å². The average Bonchev–Trinajstić information content (AvgIpc) is 2.35. The van der Waals surface area contributed by atoms with Gasteiger partial charge in [-0.2, -0.15) is 0 Å². The molecule has 2 heterocycles. The number of pyridine rings is 2. The smallest absolute Gasteiger partial charge is 0.251 e. The summed E-state index contributed by atoms with van der Waals surface area (Å²) >= 11 is 0. The van der Waals surface area contributed by atoms with Crippen LogP contribution in [0.5, 0.6) is 0 Å². The van der Waals surface area contributed by atoms with Crippen molar-refractivity contribution in [2.75, 3.05) is 11.9 Å². The first-order valence-corrected chi connectivity index (χ1v) is 6.06. The average molecular weight is 243 g/mol. The van der Waals surface area contributed by atoms with Crippen molar-refractivity contribution in [3.63, 3.8) is 0 Å². The summed E-state index contributed by atoms with van der Waals surface area (Å²) in [7, 11) is 0. The van der Waals surface area contributed by atoms with E-state index in [2.05, 4.69) is 10.3 Å². The molecule has 0 fully saturated rings. The fourth-order valence-electron chi connectivity index (χ4n) is 1.87. The van der Waals surface area contributed by atoms with Gasteiger partial charge >= 0.3 is 0 Å². The minimum absolute atomic E-state index is 0.00523. The van der Waals surface area contributed by atoms with Crippen LogP contribution >= 0.6 is 0 Å². The molecule has 0 spiro atoms. The summed E-state index contributed by atoms with van der Waals surface area (Å²) in [4.78, 5) is 16.1. The molecule has 0 bridgehead atoms. The molecule has 18 heavy (non-hydrogen) atoms. The third-order valence-electron chi connectivity index (χ3n) is 2.79. The number of nitrogens with one attached hydrogen (secondary N) is 1. The van der Waals surface area contributed by atoms with E-state index in [1.807, 2.05) is 32.0 Å². The number of anilines is 1. The van der Waals surface area contributed by atoms with E-state index in [-0.39, 0.29) is 5.56 Å². The maximum atomic E-state index is 11.8. The Morgan fingerprint density at radius 3 is 2.89 bits per heavy atom. The minimum Gasteiger partial charge on any atom is -0.385 e. The number of rotatable bonds is 4. The molecule has 2 aromatic heterocycles. The maximum absolute atomic E-state index is 11.8. The molecule has 0 saturated heterocycles. The molecule has 0 unspecified atom stereocenters. The molecular formula is C14H17N3O. The van der Waals surface area contributed by atoms with E-state index in [0.717, 1.165) is 23.6 Å². The first-order valence-electron chi connectivity index (χ1n) is 6.06. The highest BCUT2D eigenvalue weighted by molar-refractivity contribution is 5.43. The van der Waals surface area contributed by atoms with Crippen molar-refractivity contribution in [3.05, 3.63) is 58.3 Å². The number of hydrogen-bond donors (Lipinski definition) is 1. The van der Waals surface area contributed by atoms with Crippen LogP contribution in [-0.4, -0.2) is 16.1 Å². The van der Waals surface area contributed by atoms with Crippen LogP contribution in [0.15, 0.2) is 41.3 Å². The quantitative estimate of drug-likeness (QED) is 0.893. The lowest BCUT2D eigenvalue weighted by Gasteiger charge is -2.10. The van der Waals surface area contributed by atoms with Gasteiger partial charge < -0.3 is 9.88 Å². The normalized spacial score (nSPS) is 10.3. The van der Waals surface area contributed by atoms with Crippen molar-refractivity contribution < 1.29 is 0 Å². The molecule has 0 aliphatic rings. The Hall–Kier alpha value is -2.10. The Bertz CT molecular complexity index is 590. The van der Waals surface area contributed by atoms with Gasteiger partial charge in [-0.3, -0.25) is 9.78 Å². The molecule has 0 amide bonds. The second-order valence-electron chi connectivity index (χ2n) is 4.16. The van der Waals surface area contributed by atoms with E-state index >= 15 is 0 Å². The van der Waals surface area contributed by atoms with Crippen LogP contribution in [0.1, 0.15) is 18.3 Å². The molecule has 94 valence electrons. The topological polar surface area (TPSA) is 46.9 Å². The van der Waals surface area contributed by atoms with Crippen LogP contribution in [0.25, 0.3) is 0 Å². The first kappa shape index (κ1) is 12.4. The van der Waals surface area contributed by atoms with E-state index in [1.54, 1.807) is 22.9 Å². The number of hydrogen-bond acceptors (Lipinski definition) is 3. The second-order valence-corrected chi connectivity index (χ2v) is 4.16. The molecule has 0 saturated carbocycles. The zero-order chi connectivity index (χ0) is 13.0. The number of aromatic nitrogens is 2. The summed E-state index contributed by atoms with van der Waals surface area (Å²) in [5, 5.41) is 3.24. The highest BCUT2D eigenvalue weighted by Crippen LogP contribution is 2.09. The Kier molecular flexibility index (Phi) is 3.77. The maximum Gasteiger partial charge on any atom is 0.251 e. The summed E-state index contributed by atoms with van der Waals surface area (Å²) in [6, 6.07) is 9.17. The van der Waals surface area contributed by atoms with Gasteiger partial charge in [-0.15, -0.1) is 0 Å². The van der Waals surface area contributed by atoms with E-state index in [1.165, 1.54) is 0 Å². The summed E-state index contributed by atoms with van der Waals surface area (Å²) in [6.07, 6.45) is 1.76. The predicted octanol–water partition coefficient (Wildman–Crippen LogP) is 2.03. The molecule has 0 aliphatic heterocycles. The predicted molar refractivity (Wildman–Crippen MR) is 72.9 cm³/mol. The Morgan fingerprint density at radius 1 is 1.33 bits per heavy atom. The third kappa shape index (κ3) is 2.77. The fraction of sp³-hybridized carbons (Fsp3) is 0.286. The summed E-state index contributed by atoms with van der Waals surface area (Å²) in [6.45, 7) is 5.35. The molecule has 2 rings (SSSR count). The molecule has 0 radical (unpaired) electrons. The van der Waals surface area contributed by atoms with E-state index < -0.39 is 0 Å². The molecule has 0 aromatic carbocycles. The van der Waals surface area contributed by atoms with E-state index in [4.69, 9.17) is 0 Å². The standard InChI is InChI=1S/C14H17N3O/c1-3-15-12-7-8-16-13(9-12)10-17-11(2)5-4-6-14(17)18/h4-9H,3,10H2,1-2H3,(H,15,16). The van der Waals surface area contributed by atoms with Crippen LogP contribution < -0.4 is 10.9 Å². The lowest BCUT2D eigenvalue weighted by atomic mass is 10.3. The van der Waals surface area contributed by atoms with Crippen molar-refractivity contribution in [2.24, 2.45) is 0 Å². The molecule has 4 heteroatoms. The SMILES string of the molecule is CCNc1ccnc(Cn2c(C)cccc2=O)c1. The van der Waals surface area contributed by atoms with Gasteiger partial charge in [-0.25, -0.2) is 0 Å². The van der Waals surface area contributed by atoms with Crippen molar-refractivity contribution in [1.82, 2.24) is 9.55 Å². The number of nitrogens with zero attached hydrogens (tertiary/aromatic N) is 2. The van der Waals surface area contributed by atoms with E-state index in [9.17, 15) is 4.79 Å². The fourth-order valence-corrected chi connectivity index (χ4v) is 1.87. The second kappa shape index (κ2) is 5.49. The molecular weight excluding hydrogens is 226 g/mol.